The van der Waals surface area contributed by atoms with E-state index in [-0.39, 0.29) is 57.4 Å². The number of thiazole rings is 1. The van der Waals surface area contributed by atoms with Gasteiger partial charge in [-0.1, -0.05) is 77.5 Å². The average Bonchev–Trinajstić information content (AvgIpc) is 3.69. The van der Waals surface area contributed by atoms with Gasteiger partial charge in [-0.3, -0.25) is 19.3 Å². The number of H-pyrrole nitrogens is 1. The highest BCUT2D eigenvalue weighted by Crippen LogP contribution is 2.68. The van der Waals surface area contributed by atoms with E-state index in [2.05, 4.69) is 41.4 Å². The fraction of sp³-hybridized carbons (Fsp3) is 0.258. The van der Waals surface area contributed by atoms with Crippen molar-refractivity contribution in [3.63, 3.8) is 0 Å². The molecule has 1 N–H and O–H groups in total. The Bertz CT molecular complexity index is 1680. The number of nitrogens with one attached hydrogen (secondary N) is 1. The SMILES string of the molecule is O=C1[C@H]2[C@H]3C[C@@H]([C@@H]2C(=O)N1c1ccc(Cl)cc1)[C@H]1[C@H](c2ccc(-c4ccccc4)cc2)c2sc(=O)[nH]c2S[C@H]31. The third-order valence-electron chi connectivity index (χ3n) is 9.19. The second-order valence-electron chi connectivity index (χ2n) is 10.9. The molecule has 3 heterocycles. The fourth-order valence-electron chi connectivity index (χ4n) is 7.75. The number of carbonyl (C=O) groups excluding carboxylic acids is 2. The van der Waals surface area contributed by atoms with Crippen LogP contribution in [-0.2, 0) is 9.59 Å². The van der Waals surface area contributed by atoms with Gasteiger partial charge in [0.2, 0.25) is 11.8 Å². The molecule has 8 rings (SSSR count). The van der Waals surface area contributed by atoms with Crippen LogP contribution >= 0.6 is 34.7 Å². The summed E-state index contributed by atoms with van der Waals surface area (Å²) >= 11 is 9.08. The Morgan fingerprint density at radius 2 is 1.46 bits per heavy atom. The largest absolute Gasteiger partial charge is 0.307 e. The van der Waals surface area contributed by atoms with Gasteiger partial charge in [-0.25, -0.2) is 0 Å². The van der Waals surface area contributed by atoms with E-state index >= 15 is 0 Å². The Labute approximate surface area is 238 Å². The predicted molar refractivity (Wildman–Crippen MR) is 154 cm³/mol. The molecule has 0 unspecified atom stereocenters. The molecule has 2 amide bonds. The number of aromatic nitrogens is 1. The second-order valence-corrected chi connectivity index (χ2v) is 13.6. The second kappa shape index (κ2) is 8.68. The monoisotopic (exact) mass is 570 g/mol. The first kappa shape index (κ1) is 23.7. The summed E-state index contributed by atoms with van der Waals surface area (Å²) < 4.78 is 0. The summed E-state index contributed by atoms with van der Waals surface area (Å²) in [6.45, 7) is 0. The molecule has 2 saturated carbocycles. The Morgan fingerprint density at radius 1 is 0.795 bits per heavy atom. The predicted octanol–water partition coefficient (Wildman–Crippen LogP) is 6.43. The highest BCUT2D eigenvalue weighted by molar-refractivity contribution is 8.00. The number of aromatic amines is 1. The number of hydrogen-bond acceptors (Lipinski definition) is 5. The number of amides is 2. The van der Waals surface area contributed by atoms with Crippen molar-refractivity contribution in [2.24, 2.45) is 29.6 Å². The number of nitrogens with zero attached hydrogens (tertiary/aromatic N) is 1. The minimum absolute atomic E-state index is 0.0171. The minimum atomic E-state index is -0.316. The summed E-state index contributed by atoms with van der Waals surface area (Å²) in [5.74, 6) is -0.403. The number of rotatable bonds is 3. The number of fused-ring (bicyclic) bond motifs is 9. The standard InChI is InChI=1S/C31H23ClN2O3S2/c32-18-10-12-19(13-11-18)34-29(35)24-20-14-21(25(24)30(34)36)26-23(20)22(27-28(38-26)33-31(37)39-27)17-8-6-16(7-9-17)15-4-2-1-3-5-15/h1-13,20-26H,14H2,(H,33,37)/t20-,21-,22+,23+,24+,25+,26-/m1/s1. The van der Waals surface area contributed by atoms with Crippen molar-refractivity contribution in [3.05, 3.63) is 104 Å². The molecule has 5 nitrogen and oxygen atoms in total. The first-order chi connectivity index (χ1) is 19.0. The molecule has 2 aliphatic carbocycles. The van der Waals surface area contributed by atoms with Crippen molar-refractivity contribution in [2.45, 2.75) is 22.6 Å². The Morgan fingerprint density at radius 3 is 2.18 bits per heavy atom. The van der Waals surface area contributed by atoms with Gasteiger partial charge in [0.15, 0.2) is 0 Å². The van der Waals surface area contributed by atoms with Gasteiger partial charge < -0.3 is 4.98 Å². The highest BCUT2D eigenvalue weighted by Gasteiger charge is 2.69. The maximum Gasteiger partial charge on any atom is 0.305 e. The number of carbonyl (C=O) groups is 2. The molecule has 7 atom stereocenters. The number of halogens is 1. The van der Waals surface area contributed by atoms with Crippen LogP contribution < -0.4 is 9.77 Å². The van der Waals surface area contributed by atoms with E-state index in [9.17, 15) is 14.4 Å². The third kappa shape index (κ3) is 3.43. The smallest absolute Gasteiger partial charge is 0.305 e. The maximum absolute atomic E-state index is 13.9. The van der Waals surface area contributed by atoms with Crippen molar-refractivity contribution in [1.82, 2.24) is 4.98 Å². The summed E-state index contributed by atoms with van der Waals surface area (Å²) in [5.41, 5.74) is 4.06. The van der Waals surface area contributed by atoms with Crippen LogP contribution in [0.15, 0.2) is 88.7 Å². The quantitative estimate of drug-likeness (QED) is 0.288. The van der Waals surface area contributed by atoms with Gasteiger partial charge in [0.05, 0.1) is 22.5 Å². The van der Waals surface area contributed by atoms with E-state index in [0.717, 1.165) is 33.0 Å². The van der Waals surface area contributed by atoms with Crippen LogP contribution in [0.2, 0.25) is 5.02 Å². The first-order valence-electron chi connectivity index (χ1n) is 13.2. The van der Waals surface area contributed by atoms with Crippen molar-refractivity contribution in [2.75, 3.05) is 4.90 Å². The lowest BCUT2D eigenvalue weighted by Gasteiger charge is -2.43. The van der Waals surface area contributed by atoms with E-state index in [1.807, 2.05) is 18.2 Å². The molecule has 3 fully saturated rings. The number of hydrogen-bond donors (Lipinski definition) is 1. The Hall–Kier alpha value is -3.13. The average molecular weight is 571 g/mol. The zero-order chi connectivity index (χ0) is 26.4. The van der Waals surface area contributed by atoms with Crippen molar-refractivity contribution in [1.29, 1.82) is 0 Å². The molecule has 194 valence electrons. The van der Waals surface area contributed by atoms with Gasteiger partial charge in [0.25, 0.3) is 0 Å². The van der Waals surface area contributed by atoms with Crippen LogP contribution in [0.4, 0.5) is 5.69 Å². The Balaban J connectivity index is 1.19. The van der Waals surface area contributed by atoms with E-state index in [1.165, 1.54) is 16.2 Å². The van der Waals surface area contributed by atoms with Crippen LogP contribution in [0, 0.1) is 29.6 Å². The topological polar surface area (TPSA) is 70.2 Å². The third-order valence-corrected chi connectivity index (χ3v) is 12.0. The molecule has 1 aromatic heterocycles. The van der Waals surface area contributed by atoms with Crippen LogP contribution in [0.25, 0.3) is 11.1 Å². The Kier molecular flexibility index (Phi) is 5.28. The van der Waals surface area contributed by atoms with Gasteiger partial charge in [0.1, 0.15) is 0 Å². The molecule has 2 aliphatic heterocycles. The summed E-state index contributed by atoms with van der Waals surface area (Å²) in [6, 6.07) is 25.9. The summed E-state index contributed by atoms with van der Waals surface area (Å²) in [6.07, 6.45) is 0.876. The van der Waals surface area contributed by atoms with Gasteiger partial charge in [-0.05, 0) is 65.1 Å². The van der Waals surface area contributed by atoms with Crippen molar-refractivity contribution >= 4 is 52.2 Å². The lowest BCUT2D eigenvalue weighted by molar-refractivity contribution is -0.123. The summed E-state index contributed by atoms with van der Waals surface area (Å²) in [4.78, 5) is 45.6. The van der Waals surface area contributed by atoms with Crippen molar-refractivity contribution < 1.29 is 9.59 Å². The maximum atomic E-state index is 13.9. The minimum Gasteiger partial charge on any atom is -0.307 e. The molecule has 8 heteroatoms. The van der Waals surface area contributed by atoms with E-state index in [0.29, 0.717) is 10.7 Å². The van der Waals surface area contributed by atoms with E-state index in [1.54, 1.807) is 36.0 Å². The van der Waals surface area contributed by atoms with Crippen LogP contribution in [-0.4, -0.2) is 22.0 Å². The molecule has 4 aliphatic rings. The van der Waals surface area contributed by atoms with Crippen LogP contribution in [0.5, 0.6) is 0 Å². The molecule has 0 radical (unpaired) electrons. The van der Waals surface area contributed by atoms with Crippen molar-refractivity contribution in [3.8, 4) is 11.1 Å². The fourth-order valence-corrected chi connectivity index (χ4v) is 10.8. The molecular weight excluding hydrogens is 548 g/mol. The number of benzene rings is 3. The molecule has 2 bridgehead atoms. The van der Waals surface area contributed by atoms with Gasteiger partial charge in [-0.2, -0.15) is 0 Å². The molecule has 3 aromatic carbocycles. The first-order valence-corrected chi connectivity index (χ1v) is 15.3. The lowest BCUT2D eigenvalue weighted by Crippen LogP contribution is -2.42. The highest BCUT2D eigenvalue weighted by atomic mass is 35.5. The zero-order valence-corrected chi connectivity index (χ0v) is 23.0. The molecule has 39 heavy (non-hydrogen) atoms. The normalized spacial score (nSPS) is 30.4. The van der Waals surface area contributed by atoms with Crippen LogP contribution in [0.1, 0.15) is 22.8 Å². The van der Waals surface area contributed by atoms with Gasteiger partial charge in [-0.15, -0.1) is 11.8 Å². The molecule has 1 saturated heterocycles. The van der Waals surface area contributed by atoms with E-state index < -0.39 is 0 Å². The molecule has 0 spiro atoms. The van der Waals surface area contributed by atoms with Crippen LogP contribution in [0.3, 0.4) is 0 Å². The molecule has 4 aromatic rings. The lowest BCUT2D eigenvalue weighted by atomic mass is 9.68. The van der Waals surface area contributed by atoms with E-state index in [4.69, 9.17) is 11.6 Å². The van der Waals surface area contributed by atoms with Gasteiger partial charge in [0, 0.05) is 21.1 Å². The number of imide groups is 1. The number of thioether (sulfide) groups is 1. The van der Waals surface area contributed by atoms with Gasteiger partial charge >= 0.3 is 4.87 Å². The summed E-state index contributed by atoms with van der Waals surface area (Å²) in [5, 5.41) is 1.68. The summed E-state index contributed by atoms with van der Waals surface area (Å²) in [7, 11) is 0. The zero-order valence-electron chi connectivity index (χ0n) is 20.6. The number of anilines is 1. The molecular formula is C31H23ClN2O3S2.